The zero-order valence-corrected chi connectivity index (χ0v) is 13.5. The van der Waals surface area contributed by atoms with E-state index in [-0.39, 0.29) is 5.60 Å². The summed E-state index contributed by atoms with van der Waals surface area (Å²) < 4.78 is 8.00. The lowest BCUT2D eigenvalue weighted by atomic mass is 9.94. The number of imidazole rings is 1. The second-order valence-electron chi connectivity index (χ2n) is 6.32. The minimum atomic E-state index is -0.00331. The van der Waals surface area contributed by atoms with Gasteiger partial charge in [0.2, 0.25) is 0 Å². The van der Waals surface area contributed by atoms with Gasteiger partial charge in [0.1, 0.15) is 0 Å². The summed E-state index contributed by atoms with van der Waals surface area (Å²) in [6.07, 6.45) is 4.34. The van der Waals surface area contributed by atoms with Gasteiger partial charge in [-0.05, 0) is 40.5 Å². The maximum atomic E-state index is 5.77. The van der Waals surface area contributed by atoms with Crippen molar-refractivity contribution in [1.29, 1.82) is 0 Å². The van der Waals surface area contributed by atoms with E-state index in [9.17, 15) is 0 Å². The second kappa shape index (κ2) is 5.13. The molecule has 2 aromatic rings. The molecule has 20 heavy (non-hydrogen) atoms. The molecule has 1 atom stereocenters. The van der Waals surface area contributed by atoms with Gasteiger partial charge in [-0.3, -0.25) is 4.40 Å². The Morgan fingerprint density at radius 3 is 3.05 bits per heavy atom. The minimum Gasteiger partial charge on any atom is -0.375 e. The first-order chi connectivity index (χ1) is 9.44. The van der Waals surface area contributed by atoms with Gasteiger partial charge in [0.15, 0.2) is 4.96 Å². The van der Waals surface area contributed by atoms with Crippen molar-refractivity contribution in [2.75, 3.05) is 6.61 Å². The van der Waals surface area contributed by atoms with Gasteiger partial charge < -0.3 is 10.1 Å². The van der Waals surface area contributed by atoms with Crippen LogP contribution in [0.4, 0.5) is 0 Å². The highest BCUT2D eigenvalue weighted by Crippen LogP contribution is 2.25. The largest absolute Gasteiger partial charge is 0.375 e. The summed E-state index contributed by atoms with van der Waals surface area (Å²) in [6, 6.07) is 0.531. The molecular formula is C15H23N3OS. The lowest BCUT2D eigenvalue weighted by Gasteiger charge is -2.36. The molecule has 5 heteroatoms. The fourth-order valence-corrected chi connectivity index (χ4v) is 3.86. The number of nitrogens with zero attached hydrogens (tertiary/aromatic N) is 2. The molecule has 1 N–H and O–H groups in total. The van der Waals surface area contributed by atoms with E-state index in [0.717, 1.165) is 36.6 Å². The molecule has 0 bridgehead atoms. The Kier molecular flexibility index (Phi) is 3.60. The fourth-order valence-electron chi connectivity index (χ4n) is 2.97. The smallest absolute Gasteiger partial charge is 0.194 e. The molecule has 110 valence electrons. The van der Waals surface area contributed by atoms with Gasteiger partial charge in [-0.15, -0.1) is 11.3 Å². The van der Waals surface area contributed by atoms with Crippen LogP contribution < -0.4 is 5.32 Å². The highest BCUT2D eigenvalue weighted by atomic mass is 32.1. The van der Waals surface area contributed by atoms with Crippen LogP contribution in [0.3, 0.4) is 0 Å². The maximum absolute atomic E-state index is 5.77. The standard InChI is InChI=1S/C15H23N3OS/c1-10-9-18-13(11(2)17-14(18)20-10)8-16-12-5-6-19-15(3,4)7-12/h9,12,16H,5-8H2,1-4H3. The predicted octanol–water partition coefficient (Wildman–Crippen LogP) is 3.06. The average molecular weight is 293 g/mol. The summed E-state index contributed by atoms with van der Waals surface area (Å²) in [4.78, 5) is 7.05. The fraction of sp³-hybridized carbons (Fsp3) is 0.667. The normalized spacial score (nSPS) is 22.5. The molecule has 1 saturated heterocycles. The van der Waals surface area contributed by atoms with Crippen LogP contribution in [0.25, 0.3) is 4.96 Å². The monoisotopic (exact) mass is 293 g/mol. The van der Waals surface area contributed by atoms with Gasteiger partial charge in [-0.1, -0.05) is 0 Å². The van der Waals surface area contributed by atoms with Crippen molar-refractivity contribution in [2.24, 2.45) is 0 Å². The van der Waals surface area contributed by atoms with E-state index in [4.69, 9.17) is 4.74 Å². The summed E-state index contributed by atoms with van der Waals surface area (Å²) >= 11 is 1.75. The molecule has 4 nitrogen and oxygen atoms in total. The molecule has 0 aliphatic carbocycles. The highest BCUT2D eigenvalue weighted by molar-refractivity contribution is 7.17. The molecule has 0 amide bonds. The van der Waals surface area contributed by atoms with Gasteiger partial charge in [-0.25, -0.2) is 4.98 Å². The van der Waals surface area contributed by atoms with Crippen molar-refractivity contribution in [3.63, 3.8) is 0 Å². The first kappa shape index (κ1) is 14.0. The quantitative estimate of drug-likeness (QED) is 0.945. The molecule has 2 aromatic heterocycles. The number of thiazole rings is 1. The van der Waals surface area contributed by atoms with E-state index in [2.05, 4.69) is 48.6 Å². The first-order valence-corrected chi connectivity index (χ1v) is 8.07. The average Bonchev–Trinajstić information content (AvgIpc) is 2.81. The Balaban J connectivity index is 1.72. The molecule has 3 rings (SSSR count). The van der Waals surface area contributed by atoms with E-state index in [0.29, 0.717) is 6.04 Å². The predicted molar refractivity (Wildman–Crippen MR) is 82.4 cm³/mol. The highest BCUT2D eigenvalue weighted by Gasteiger charge is 2.28. The second-order valence-corrected chi connectivity index (χ2v) is 7.53. The Labute approximate surface area is 124 Å². The van der Waals surface area contributed by atoms with E-state index in [1.807, 2.05) is 0 Å². The van der Waals surface area contributed by atoms with E-state index in [1.165, 1.54) is 10.6 Å². The number of ether oxygens (including phenoxy) is 1. The molecule has 1 aliphatic rings. The van der Waals surface area contributed by atoms with Crippen LogP contribution in [0, 0.1) is 13.8 Å². The number of fused-ring (bicyclic) bond motifs is 1. The van der Waals surface area contributed by atoms with Crippen LogP contribution in [-0.2, 0) is 11.3 Å². The summed E-state index contributed by atoms with van der Waals surface area (Å²) in [6.45, 7) is 10.3. The van der Waals surface area contributed by atoms with Crippen molar-refractivity contribution in [3.8, 4) is 0 Å². The van der Waals surface area contributed by atoms with Crippen LogP contribution in [0.15, 0.2) is 6.20 Å². The number of hydrogen-bond acceptors (Lipinski definition) is 4. The van der Waals surface area contributed by atoms with Crippen LogP contribution in [0.1, 0.15) is 43.0 Å². The molecule has 0 saturated carbocycles. The van der Waals surface area contributed by atoms with Gasteiger partial charge in [0.25, 0.3) is 0 Å². The lowest BCUT2D eigenvalue weighted by molar-refractivity contribution is -0.0631. The van der Waals surface area contributed by atoms with Crippen LogP contribution in [0.5, 0.6) is 0 Å². The SMILES string of the molecule is Cc1cn2c(CNC3CCOC(C)(C)C3)c(C)nc2s1. The Morgan fingerprint density at radius 1 is 1.50 bits per heavy atom. The zero-order chi connectivity index (χ0) is 14.3. The lowest BCUT2D eigenvalue weighted by Crippen LogP contribution is -2.43. The molecule has 1 unspecified atom stereocenters. The van der Waals surface area contributed by atoms with Crippen LogP contribution in [-0.4, -0.2) is 27.6 Å². The Bertz CT molecular complexity index is 614. The molecule has 0 radical (unpaired) electrons. The van der Waals surface area contributed by atoms with Gasteiger partial charge in [-0.2, -0.15) is 0 Å². The number of aromatic nitrogens is 2. The topological polar surface area (TPSA) is 38.6 Å². The number of nitrogens with one attached hydrogen (secondary N) is 1. The summed E-state index contributed by atoms with van der Waals surface area (Å²) in [5.74, 6) is 0. The van der Waals surface area contributed by atoms with E-state index in [1.54, 1.807) is 11.3 Å². The summed E-state index contributed by atoms with van der Waals surface area (Å²) in [7, 11) is 0. The van der Waals surface area contributed by atoms with Gasteiger partial charge in [0.05, 0.1) is 17.0 Å². The van der Waals surface area contributed by atoms with E-state index >= 15 is 0 Å². The third kappa shape index (κ3) is 2.75. The molecule has 0 aromatic carbocycles. The molecular weight excluding hydrogens is 270 g/mol. The molecule has 3 heterocycles. The third-order valence-corrected chi connectivity index (χ3v) is 4.89. The summed E-state index contributed by atoms with van der Waals surface area (Å²) in [5.41, 5.74) is 2.42. The maximum Gasteiger partial charge on any atom is 0.194 e. The van der Waals surface area contributed by atoms with Crippen molar-refractivity contribution in [1.82, 2.24) is 14.7 Å². The molecule has 0 spiro atoms. The zero-order valence-electron chi connectivity index (χ0n) is 12.7. The minimum absolute atomic E-state index is 0.00331. The van der Waals surface area contributed by atoms with E-state index < -0.39 is 0 Å². The Hall–Kier alpha value is -0.910. The Morgan fingerprint density at radius 2 is 2.30 bits per heavy atom. The molecule has 1 aliphatic heterocycles. The first-order valence-electron chi connectivity index (χ1n) is 7.26. The van der Waals surface area contributed by atoms with Crippen LogP contribution in [0.2, 0.25) is 0 Å². The van der Waals surface area contributed by atoms with Gasteiger partial charge >= 0.3 is 0 Å². The summed E-state index contributed by atoms with van der Waals surface area (Å²) in [5, 5.41) is 3.69. The van der Waals surface area contributed by atoms with Crippen molar-refractivity contribution in [3.05, 3.63) is 22.5 Å². The number of aryl methyl sites for hydroxylation is 2. The van der Waals surface area contributed by atoms with Crippen molar-refractivity contribution in [2.45, 2.75) is 58.7 Å². The molecule has 1 fully saturated rings. The number of rotatable bonds is 3. The van der Waals surface area contributed by atoms with Crippen LogP contribution >= 0.6 is 11.3 Å². The van der Waals surface area contributed by atoms with Crippen molar-refractivity contribution >= 4 is 16.3 Å². The third-order valence-electron chi connectivity index (χ3n) is 4.00. The van der Waals surface area contributed by atoms with Gasteiger partial charge in [0, 0.05) is 30.3 Å². The number of hydrogen-bond donors (Lipinski definition) is 1. The van der Waals surface area contributed by atoms with Crippen molar-refractivity contribution < 1.29 is 4.74 Å².